The van der Waals surface area contributed by atoms with E-state index in [0.29, 0.717) is 10.8 Å². The first-order valence-corrected chi connectivity index (χ1v) is 7.32. The van der Waals surface area contributed by atoms with Crippen molar-refractivity contribution in [3.63, 3.8) is 0 Å². The molecule has 2 rings (SSSR count). The zero-order chi connectivity index (χ0) is 15.6. The first kappa shape index (κ1) is 15.9. The van der Waals surface area contributed by atoms with E-state index in [4.69, 9.17) is 16.3 Å². The van der Waals surface area contributed by atoms with Crippen LogP contribution in [0.5, 0.6) is 5.75 Å². The summed E-state index contributed by atoms with van der Waals surface area (Å²) in [6, 6.07) is 13.4. The summed E-state index contributed by atoms with van der Waals surface area (Å²) in [4.78, 5) is 0. The van der Waals surface area contributed by atoms with Crippen LogP contribution in [0.1, 0.15) is 43.6 Å². The van der Waals surface area contributed by atoms with Crippen molar-refractivity contribution < 1.29 is 9.84 Å². The summed E-state index contributed by atoms with van der Waals surface area (Å²) in [6.45, 7) is 6.51. The van der Waals surface area contributed by atoms with Crippen molar-refractivity contribution in [2.24, 2.45) is 0 Å². The average molecular weight is 305 g/mol. The van der Waals surface area contributed by atoms with Gasteiger partial charge in [-0.3, -0.25) is 0 Å². The van der Waals surface area contributed by atoms with Gasteiger partial charge in [-0.2, -0.15) is 0 Å². The van der Waals surface area contributed by atoms with Crippen molar-refractivity contribution in [2.45, 2.75) is 32.3 Å². The van der Waals surface area contributed by atoms with Crippen LogP contribution in [0.3, 0.4) is 0 Å². The zero-order valence-electron chi connectivity index (χ0n) is 12.9. The normalized spacial score (nSPS) is 13.0. The molecule has 0 saturated heterocycles. The largest absolute Gasteiger partial charge is 0.495 e. The molecule has 0 amide bonds. The standard InChI is InChI=1S/C18H21ClO2/c1-18(2,3)14-8-5-12(6-9-14)17(20)13-7-10-15(19)16(11-13)21-4/h5-11,17,20H,1-4H3. The lowest BCUT2D eigenvalue weighted by Crippen LogP contribution is -2.11. The molecule has 0 aromatic heterocycles. The molecule has 0 saturated carbocycles. The number of halogens is 1. The van der Waals surface area contributed by atoms with Gasteiger partial charge in [-0.25, -0.2) is 0 Å². The van der Waals surface area contributed by atoms with Crippen molar-refractivity contribution in [1.82, 2.24) is 0 Å². The average Bonchev–Trinajstić information content (AvgIpc) is 2.46. The van der Waals surface area contributed by atoms with E-state index in [1.165, 1.54) is 5.56 Å². The van der Waals surface area contributed by atoms with Crippen molar-refractivity contribution in [1.29, 1.82) is 0 Å². The second kappa shape index (κ2) is 6.08. The van der Waals surface area contributed by atoms with Gasteiger partial charge in [-0.1, -0.05) is 62.7 Å². The molecule has 0 aliphatic heterocycles. The minimum absolute atomic E-state index is 0.104. The molecule has 0 radical (unpaired) electrons. The fourth-order valence-electron chi connectivity index (χ4n) is 2.20. The van der Waals surface area contributed by atoms with Gasteiger partial charge in [0.25, 0.3) is 0 Å². The maximum Gasteiger partial charge on any atom is 0.137 e. The Kier molecular flexibility index (Phi) is 4.60. The molecule has 0 aliphatic carbocycles. The van der Waals surface area contributed by atoms with Crippen LogP contribution in [0.2, 0.25) is 5.02 Å². The summed E-state index contributed by atoms with van der Waals surface area (Å²) in [7, 11) is 1.56. The third kappa shape index (κ3) is 3.58. The number of ether oxygens (including phenoxy) is 1. The first-order valence-electron chi connectivity index (χ1n) is 6.95. The number of hydrogen-bond donors (Lipinski definition) is 1. The molecule has 2 aromatic rings. The Morgan fingerprint density at radius 2 is 1.57 bits per heavy atom. The molecule has 2 nitrogen and oxygen atoms in total. The van der Waals surface area contributed by atoms with Crippen LogP contribution >= 0.6 is 11.6 Å². The lowest BCUT2D eigenvalue weighted by atomic mass is 9.86. The molecule has 21 heavy (non-hydrogen) atoms. The van der Waals surface area contributed by atoms with E-state index in [2.05, 4.69) is 32.9 Å². The van der Waals surface area contributed by atoms with E-state index < -0.39 is 6.10 Å². The Labute approximate surface area is 131 Å². The van der Waals surface area contributed by atoms with E-state index in [1.807, 2.05) is 18.2 Å². The topological polar surface area (TPSA) is 29.5 Å². The molecule has 1 atom stereocenters. The van der Waals surface area contributed by atoms with Gasteiger partial charge >= 0.3 is 0 Å². The van der Waals surface area contributed by atoms with E-state index >= 15 is 0 Å². The van der Waals surface area contributed by atoms with Gasteiger partial charge in [-0.05, 0) is 34.2 Å². The third-order valence-electron chi connectivity index (χ3n) is 3.58. The van der Waals surface area contributed by atoms with E-state index in [0.717, 1.165) is 11.1 Å². The van der Waals surface area contributed by atoms with Crippen LogP contribution in [0.25, 0.3) is 0 Å². The SMILES string of the molecule is COc1cc(C(O)c2ccc(C(C)(C)C)cc2)ccc1Cl. The fraction of sp³-hybridized carbons (Fsp3) is 0.333. The maximum atomic E-state index is 10.5. The second-order valence-corrected chi connectivity index (χ2v) is 6.58. The molecular formula is C18H21ClO2. The molecule has 112 valence electrons. The van der Waals surface area contributed by atoms with Crippen molar-refractivity contribution in [2.75, 3.05) is 7.11 Å². The highest BCUT2D eigenvalue weighted by Gasteiger charge is 2.16. The maximum absolute atomic E-state index is 10.5. The fourth-order valence-corrected chi connectivity index (χ4v) is 2.40. The Balaban J connectivity index is 2.29. The van der Waals surface area contributed by atoms with E-state index in [9.17, 15) is 5.11 Å². The molecule has 0 spiro atoms. The quantitative estimate of drug-likeness (QED) is 0.888. The second-order valence-electron chi connectivity index (χ2n) is 6.17. The molecule has 0 fully saturated rings. The van der Waals surface area contributed by atoms with Gasteiger partial charge < -0.3 is 9.84 Å². The molecule has 2 aromatic carbocycles. The summed E-state index contributed by atoms with van der Waals surface area (Å²) < 4.78 is 5.19. The summed E-state index contributed by atoms with van der Waals surface area (Å²) in [6.07, 6.45) is -0.690. The number of methoxy groups -OCH3 is 1. The Bertz CT molecular complexity index is 612. The summed E-state index contributed by atoms with van der Waals surface area (Å²) in [5.41, 5.74) is 2.96. The highest BCUT2D eigenvalue weighted by atomic mass is 35.5. The minimum Gasteiger partial charge on any atom is -0.495 e. The smallest absolute Gasteiger partial charge is 0.137 e. The summed E-state index contributed by atoms with van der Waals surface area (Å²) >= 11 is 6.01. The van der Waals surface area contributed by atoms with Gasteiger partial charge in [0, 0.05) is 0 Å². The predicted molar refractivity (Wildman–Crippen MR) is 87.2 cm³/mol. The number of hydrogen-bond acceptors (Lipinski definition) is 2. The molecule has 0 heterocycles. The molecule has 0 bridgehead atoms. The van der Waals surface area contributed by atoms with Crippen LogP contribution in [0, 0.1) is 0 Å². The van der Waals surface area contributed by atoms with Gasteiger partial charge in [0.05, 0.1) is 12.1 Å². The van der Waals surface area contributed by atoms with Gasteiger partial charge in [0.2, 0.25) is 0 Å². The number of rotatable bonds is 3. The lowest BCUT2D eigenvalue weighted by molar-refractivity contribution is 0.219. The zero-order valence-corrected chi connectivity index (χ0v) is 13.6. The Morgan fingerprint density at radius 3 is 2.10 bits per heavy atom. The van der Waals surface area contributed by atoms with E-state index in [1.54, 1.807) is 19.2 Å². The van der Waals surface area contributed by atoms with Crippen LogP contribution in [0.4, 0.5) is 0 Å². The molecule has 3 heteroatoms. The molecule has 1 unspecified atom stereocenters. The van der Waals surface area contributed by atoms with Crippen LogP contribution < -0.4 is 4.74 Å². The van der Waals surface area contributed by atoms with E-state index in [-0.39, 0.29) is 5.41 Å². The molecular weight excluding hydrogens is 284 g/mol. The molecule has 0 aliphatic rings. The van der Waals surface area contributed by atoms with Crippen LogP contribution in [-0.4, -0.2) is 12.2 Å². The minimum atomic E-state index is -0.690. The van der Waals surface area contributed by atoms with Crippen molar-refractivity contribution in [3.8, 4) is 5.75 Å². The third-order valence-corrected chi connectivity index (χ3v) is 3.90. The van der Waals surface area contributed by atoms with Crippen molar-refractivity contribution in [3.05, 3.63) is 64.2 Å². The monoisotopic (exact) mass is 304 g/mol. The van der Waals surface area contributed by atoms with Gasteiger partial charge in [0.15, 0.2) is 0 Å². The molecule has 1 N–H and O–H groups in total. The van der Waals surface area contributed by atoms with Crippen LogP contribution in [-0.2, 0) is 5.41 Å². The lowest BCUT2D eigenvalue weighted by Gasteiger charge is -2.20. The van der Waals surface area contributed by atoms with Gasteiger partial charge in [-0.15, -0.1) is 0 Å². The predicted octanol–water partition coefficient (Wildman–Crippen LogP) is 4.73. The number of aliphatic hydroxyl groups is 1. The first-order chi connectivity index (χ1) is 9.82. The number of benzene rings is 2. The summed E-state index contributed by atoms with van der Waals surface area (Å²) in [5, 5.41) is 11.0. The number of aliphatic hydroxyl groups excluding tert-OH is 1. The Hall–Kier alpha value is -1.51. The highest BCUT2D eigenvalue weighted by molar-refractivity contribution is 6.32. The van der Waals surface area contributed by atoms with Gasteiger partial charge in [0.1, 0.15) is 11.9 Å². The van der Waals surface area contributed by atoms with Crippen molar-refractivity contribution >= 4 is 11.6 Å². The van der Waals surface area contributed by atoms with Crippen LogP contribution in [0.15, 0.2) is 42.5 Å². The Morgan fingerprint density at radius 1 is 1.00 bits per heavy atom. The highest BCUT2D eigenvalue weighted by Crippen LogP contribution is 2.31. The summed E-state index contributed by atoms with van der Waals surface area (Å²) in [5.74, 6) is 0.569.